The second-order valence-electron chi connectivity index (χ2n) is 6.66. The van der Waals surface area contributed by atoms with E-state index in [0.29, 0.717) is 5.92 Å². The van der Waals surface area contributed by atoms with Gasteiger partial charge in [-0.2, -0.15) is 0 Å². The highest BCUT2D eigenvalue weighted by atomic mass is 16.3. The Hall–Kier alpha value is -2.17. The van der Waals surface area contributed by atoms with Gasteiger partial charge in [0.05, 0.1) is 11.0 Å². The molecule has 1 aliphatic rings. The molecule has 1 fully saturated rings. The lowest BCUT2D eigenvalue weighted by Crippen LogP contribution is -2.22. The Balaban J connectivity index is 1.47. The van der Waals surface area contributed by atoms with E-state index in [0.717, 1.165) is 43.0 Å². The van der Waals surface area contributed by atoms with E-state index in [1.165, 1.54) is 12.0 Å². The molecule has 0 spiro atoms. The van der Waals surface area contributed by atoms with Gasteiger partial charge in [0.15, 0.2) is 0 Å². The molecule has 1 saturated heterocycles. The monoisotopic (exact) mass is 321 g/mol. The Morgan fingerprint density at radius 2 is 1.83 bits per heavy atom. The van der Waals surface area contributed by atoms with Crippen LogP contribution in [0.2, 0.25) is 0 Å². The SMILES string of the molecule is OCc1nc2ccccc2n1CC1CCN(Cc2ccccc2)C1. The highest BCUT2D eigenvalue weighted by Gasteiger charge is 2.24. The average Bonchev–Trinajstić information content (AvgIpc) is 3.21. The molecule has 4 rings (SSSR count). The van der Waals surface area contributed by atoms with E-state index >= 15 is 0 Å². The van der Waals surface area contributed by atoms with Gasteiger partial charge in [0.2, 0.25) is 0 Å². The van der Waals surface area contributed by atoms with Crippen LogP contribution in [0.4, 0.5) is 0 Å². The van der Waals surface area contributed by atoms with Gasteiger partial charge in [-0.25, -0.2) is 4.98 Å². The Bertz CT molecular complexity index is 812. The van der Waals surface area contributed by atoms with Crippen LogP contribution in [0.3, 0.4) is 0 Å². The molecule has 2 aromatic carbocycles. The maximum atomic E-state index is 9.65. The van der Waals surface area contributed by atoms with Crippen LogP contribution in [0, 0.1) is 5.92 Å². The third kappa shape index (κ3) is 3.07. The fourth-order valence-corrected chi connectivity index (χ4v) is 3.76. The highest BCUT2D eigenvalue weighted by Crippen LogP contribution is 2.24. The number of benzene rings is 2. The standard InChI is InChI=1S/C20H23N3O/c24-15-20-21-18-8-4-5-9-19(18)23(20)14-17-10-11-22(13-17)12-16-6-2-1-3-7-16/h1-9,17,24H,10-15H2. The molecule has 1 aromatic heterocycles. The van der Waals surface area contributed by atoms with Crippen molar-refractivity contribution in [1.82, 2.24) is 14.5 Å². The first-order valence-electron chi connectivity index (χ1n) is 8.65. The van der Waals surface area contributed by atoms with Crippen LogP contribution in [0.1, 0.15) is 17.8 Å². The zero-order valence-corrected chi connectivity index (χ0v) is 13.8. The summed E-state index contributed by atoms with van der Waals surface area (Å²) in [6.07, 6.45) is 1.20. The zero-order chi connectivity index (χ0) is 16.4. The molecule has 1 aliphatic heterocycles. The molecule has 4 nitrogen and oxygen atoms in total. The lowest BCUT2D eigenvalue weighted by molar-refractivity contribution is 0.260. The minimum absolute atomic E-state index is 0.00483. The Kier molecular flexibility index (Phi) is 4.32. The van der Waals surface area contributed by atoms with Gasteiger partial charge in [0, 0.05) is 19.6 Å². The first-order valence-corrected chi connectivity index (χ1v) is 8.65. The lowest BCUT2D eigenvalue weighted by Gasteiger charge is -2.17. The van der Waals surface area contributed by atoms with Crippen molar-refractivity contribution in [1.29, 1.82) is 0 Å². The molecule has 1 N–H and O–H groups in total. The second kappa shape index (κ2) is 6.75. The normalized spacial score (nSPS) is 18.5. The summed E-state index contributed by atoms with van der Waals surface area (Å²) in [5, 5.41) is 9.65. The molecule has 1 unspecified atom stereocenters. The number of hydrogen-bond donors (Lipinski definition) is 1. The summed E-state index contributed by atoms with van der Waals surface area (Å²) in [7, 11) is 0. The fraction of sp³-hybridized carbons (Fsp3) is 0.350. The number of aliphatic hydroxyl groups is 1. The van der Waals surface area contributed by atoms with Gasteiger partial charge in [0.1, 0.15) is 12.4 Å². The van der Waals surface area contributed by atoms with Crippen molar-refractivity contribution in [2.45, 2.75) is 26.1 Å². The number of para-hydroxylation sites is 2. The molecule has 0 saturated carbocycles. The van der Waals surface area contributed by atoms with Gasteiger partial charge in [-0.05, 0) is 36.6 Å². The Morgan fingerprint density at radius 1 is 1.04 bits per heavy atom. The first kappa shape index (κ1) is 15.4. The Morgan fingerprint density at radius 3 is 2.67 bits per heavy atom. The number of fused-ring (bicyclic) bond motifs is 1. The number of likely N-dealkylation sites (tertiary alicyclic amines) is 1. The van der Waals surface area contributed by atoms with Gasteiger partial charge < -0.3 is 9.67 Å². The van der Waals surface area contributed by atoms with Crippen molar-refractivity contribution in [2.24, 2.45) is 5.92 Å². The average molecular weight is 321 g/mol. The maximum absolute atomic E-state index is 9.65. The molecule has 24 heavy (non-hydrogen) atoms. The summed E-state index contributed by atoms with van der Waals surface area (Å²) in [5.74, 6) is 1.38. The molecule has 0 radical (unpaired) electrons. The quantitative estimate of drug-likeness (QED) is 0.785. The number of rotatable bonds is 5. The number of hydrogen-bond acceptors (Lipinski definition) is 3. The van der Waals surface area contributed by atoms with Crippen LogP contribution in [-0.2, 0) is 19.7 Å². The van der Waals surface area contributed by atoms with Gasteiger partial charge >= 0.3 is 0 Å². The van der Waals surface area contributed by atoms with Crippen LogP contribution >= 0.6 is 0 Å². The molecule has 2 heterocycles. The highest BCUT2D eigenvalue weighted by molar-refractivity contribution is 5.75. The summed E-state index contributed by atoms with van der Waals surface area (Å²) in [4.78, 5) is 7.08. The molecule has 0 bridgehead atoms. The van der Waals surface area contributed by atoms with E-state index in [2.05, 4.69) is 50.8 Å². The van der Waals surface area contributed by atoms with Crippen molar-refractivity contribution < 1.29 is 5.11 Å². The van der Waals surface area contributed by atoms with Crippen LogP contribution < -0.4 is 0 Å². The minimum Gasteiger partial charge on any atom is -0.388 e. The third-order valence-electron chi connectivity index (χ3n) is 4.93. The lowest BCUT2D eigenvalue weighted by atomic mass is 10.1. The predicted molar refractivity (Wildman–Crippen MR) is 95.5 cm³/mol. The van der Waals surface area contributed by atoms with E-state index < -0.39 is 0 Å². The topological polar surface area (TPSA) is 41.3 Å². The summed E-state index contributed by atoms with van der Waals surface area (Å²) in [6.45, 7) is 4.19. The molecule has 124 valence electrons. The Labute approximate surface area is 142 Å². The van der Waals surface area contributed by atoms with Crippen LogP contribution in [0.15, 0.2) is 54.6 Å². The summed E-state index contributed by atoms with van der Waals surface area (Å²) in [5.41, 5.74) is 3.48. The zero-order valence-electron chi connectivity index (χ0n) is 13.8. The number of aliphatic hydroxyl groups excluding tert-OH is 1. The van der Waals surface area contributed by atoms with Crippen LogP contribution in [0.25, 0.3) is 11.0 Å². The first-order chi connectivity index (χ1) is 11.8. The predicted octanol–water partition coefficient (Wildman–Crippen LogP) is 3.05. The van der Waals surface area contributed by atoms with E-state index in [-0.39, 0.29) is 6.61 Å². The molecule has 0 aliphatic carbocycles. The van der Waals surface area contributed by atoms with Crippen molar-refractivity contribution in [2.75, 3.05) is 13.1 Å². The van der Waals surface area contributed by atoms with E-state index in [4.69, 9.17) is 0 Å². The largest absolute Gasteiger partial charge is 0.388 e. The smallest absolute Gasteiger partial charge is 0.135 e. The second-order valence-corrected chi connectivity index (χ2v) is 6.66. The molecular weight excluding hydrogens is 298 g/mol. The van der Waals surface area contributed by atoms with Gasteiger partial charge in [-0.1, -0.05) is 42.5 Å². The molecule has 0 amide bonds. The molecule has 4 heteroatoms. The van der Waals surface area contributed by atoms with E-state index in [1.54, 1.807) is 0 Å². The van der Waals surface area contributed by atoms with E-state index in [9.17, 15) is 5.11 Å². The summed E-state index contributed by atoms with van der Waals surface area (Å²) in [6, 6.07) is 18.8. The summed E-state index contributed by atoms with van der Waals surface area (Å²) < 4.78 is 2.20. The van der Waals surface area contributed by atoms with Crippen LogP contribution in [-0.4, -0.2) is 32.6 Å². The van der Waals surface area contributed by atoms with Gasteiger partial charge in [0.25, 0.3) is 0 Å². The summed E-state index contributed by atoms with van der Waals surface area (Å²) >= 11 is 0. The van der Waals surface area contributed by atoms with Crippen molar-refractivity contribution in [3.8, 4) is 0 Å². The third-order valence-corrected chi connectivity index (χ3v) is 4.93. The molecule has 1 atom stereocenters. The molecule has 3 aromatic rings. The van der Waals surface area contributed by atoms with Crippen molar-refractivity contribution in [3.63, 3.8) is 0 Å². The van der Waals surface area contributed by atoms with Crippen molar-refractivity contribution >= 4 is 11.0 Å². The maximum Gasteiger partial charge on any atom is 0.135 e. The minimum atomic E-state index is -0.00483. The number of aromatic nitrogens is 2. The van der Waals surface area contributed by atoms with Gasteiger partial charge in [-0.3, -0.25) is 4.90 Å². The van der Waals surface area contributed by atoms with Crippen LogP contribution in [0.5, 0.6) is 0 Å². The number of imidazole rings is 1. The molecular formula is C20H23N3O. The van der Waals surface area contributed by atoms with Crippen molar-refractivity contribution in [3.05, 3.63) is 66.0 Å². The van der Waals surface area contributed by atoms with E-state index in [1.807, 2.05) is 18.2 Å². The van der Waals surface area contributed by atoms with Gasteiger partial charge in [-0.15, -0.1) is 0 Å². The number of nitrogens with zero attached hydrogens (tertiary/aromatic N) is 3. The fourth-order valence-electron chi connectivity index (χ4n) is 3.76.